The van der Waals surface area contributed by atoms with Crippen LogP contribution in [0.1, 0.15) is 446 Å². The summed E-state index contributed by atoms with van der Waals surface area (Å²) in [5.41, 5.74) is 0. The Bertz CT molecular complexity index is 1950. The predicted molar refractivity (Wildman–Crippen MR) is 418 cm³/mol. The number of aliphatic hydroxyl groups excluding tert-OH is 1. The highest BCUT2D eigenvalue weighted by Crippen LogP contribution is 2.45. The normalized spacial score (nSPS) is 14.1. The molecule has 102 heavy (non-hydrogen) atoms. The van der Waals surface area contributed by atoms with Crippen molar-refractivity contribution in [3.63, 3.8) is 0 Å². The summed E-state index contributed by atoms with van der Waals surface area (Å²) in [4.78, 5) is 72.9. The number of unbranched alkanes of at least 4 members (excludes halogenated alkanes) is 54. The molecule has 0 fully saturated rings. The molecule has 0 spiro atoms. The molecule has 0 saturated heterocycles. The third-order valence-electron chi connectivity index (χ3n) is 19.9. The van der Waals surface area contributed by atoms with Crippen LogP contribution in [0.3, 0.4) is 0 Å². The molecule has 0 aromatic carbocycles. The molecule has 0 rings (SSSR count). The first-order valence-electron chi connectivity index (χ1n) is 43.2. The largest absolute Gasteiger partial charge is 0.472 e. The van der Waals surface area contributed by atoms with Gasteiger partial charge in [0.2, 0.25) is 0 Å². The first-order chi connectivity index (χ1) is 49.6. The van der Waals surface area contributed by atoms with Gasteiger partial charge >= 0.3 is 39.5 Å². The Balaban J connectivity index is 5.16. The Labute approximate surface area is 626 Å². The summed E-state index contributed by atoms with van der Waals surface area (Å²) < 4.78 is 68.6. The summed E-state index contributed by atoms with van der Waals surface area (Å²) in [7, 11) is -9.91. The Morgan fingerprint density at radius 2 is 0.471 bits per heavy atom. The van der Waals surface area contributed by atoms with Crippen molar-refractivity contribution in [1.82, 2.24) is 0 Å². The molecule has 0 saturated carbocycles. The van der Waals surface area contributed by atoms with Crippen molar-refractivity contribution in [1.29, 1.82) is 0 Å². The number of esters is 4. The summed E-state index contributed by atoms with van der Waals surface area (Å²) in [5, 5.41) is 10.6. The molecular weight excluding hydrogens is 1330 g/mol. The van der Waals surface area contributed by atoms with Crippen LogP contribution in [0.25, 0.3) is 0 Å². The van der Waals surface area contributed by atoms with E-state index in [4.69, 9.17) is 37.0 Å². The molecule has 0 aliphatic heterocycles. The Morgan fingerprint density at radius 1 is 0.275 bits per heavy atom. The minimum absolute atomic E-state index is 0.108. The summed E-state index contributed by atoms with van der Waals surface area (Å²) in [6.07, 6.45) is 68.2. The average molecular weight is 1490 g/mol. The minimum atomic E-state index is -4.96. The van der Waals surface area contributed by atoms with Gasteiger partial charge in [-0.3, -0.25) is 37.3 Å². The number of hydrogen-bond donors (Lipinski definition) is 3. The summed E-state index contributed by atoms with van der Waals surface area (Å²) >= 11 is 0. The number of carbonyl (C=O) groups excluding carboxylic acids is 4. The van der Waals surface area contributed by atoms with Gasteiger partial charge in [0.05, 0.1) is 26.4 Å². The van der Waals surface area contributed by atoms with Crippen LogP contribution in [0.2, 0.25) is 0 Å². The molecule has 0 amide bonds. The van der Waals surface area contributed by atoms with Gasteiger partial charge in [0.1, 0.15) is 19.3 Å². The monoisotopic (exact) mass is 1490 g/mol. The van der Waals surface area contributed by atoms with Gasteiger partial charge in [-0.25, -0.2) is 9.13 Å². The van der Waals surface area contributed by atoms with Crippen LogP contribution in [0.5, 0.6) is 0 Å². The van der Waals surface area contributed by atoms with E-state index in [2.05, 4.69) is 34.6 Å². The highest BCUT2D eigenvalue weighted by molar-refractivity contribution is 7.47. The van der Waals surface area contributed by atoms with Gasteiger partial charge in [0.15, 0.2) is 12.2 Å². The number of aliphatic hydroxyl groups is 1. The summed E-state index contributed by atoms with van der Waals surface area (Å²) in [6, 6.07) is 0. The second-order valence-corrected chi connectivity index (χ2v) is 33.0. The lowest BCUT2D eigenvalue weighted by Crippen LogP contribution is -2.30. The molecule has 606 valence electrons. The standard InChI is InChI=1S/C83H162O17P2/c1-6-10-13-16-19-21-23-25-27-28-29-33-36-40-43-47-52-57-62-67-81(86)94-73-79(100-83(88)69-64-59-54-49-45-41-37-34-31-30-32-35-38-42-46-51-55-60-65-76(5)9-4)75-98-102(91,92)96-71-77(84)70-95-101(89,90)97-74-78(72-93-80(85)66-61-56-50-18-15-12-8-3)99-82(87)68-63-58-53-48-44-39-26-24-22-20-17-14-11-7-2/h76-79,84H,6-75H2,1-5H3,(H,89,90)(H,91,92)/t76?,77-,78+,79+/m0/s1. The average Bonchev–Trinajstić information content (AvgIpc) is 0.913. The molecular formula is C83H162O17P2. The number of ether oxygens (including phenoxy) is 4. The lowest BCUT2D eigenvalue weighted by Gasteiger charge is -2.21. The van der Waals surface area contributed by atoms with Crippen LogP contribution in [0.15, 0.2) is 0 Å². The lowest BCUT2D eigenvalue weighted by molar-refractivity contribution is -0.161. The predicted octanol–water partition coefficient (Wildman–Crippen LogP) is 25.2. The fourth-order valence-corrected chi connectivity index (χ4v) is 14.5. The van der Waals surface area contributed by atoms with E-state index in [1.807, 2.05) is 0 Å². The minimum Gasteiger partial charge on any atom is -0.462 e. The SMILES string of the molecule is CCCCCCCCCCCCCCCCCCCCCC(=O)OC[C@H](COP(=O)(O)OC[C@@H](O)COP(=O)(O)OC[C@@H](COC(=O)CCCCCCCCC)OC(=O)CCCCCCCCCCCCCCCC)OC(=O)CCCCCCCCCCCCCCCCCCCCC(C)CC. The van der Waals surface area contributed by atoms with Gasteiger partial charge in [-0.15, -0.1) is 0 Å². The molecule has 0 aromatic rings. The van der Waals surface area contributed by atoms with Crippen molar-refractivity contribution < 1.29 is 80.2 Å². The molecule has 0 aliphatic rings. The van der Waals surface area contributed by atoms with Gasteiger partial charge in [-0.2, -0.15) is 0 Å². The zero-order valence-corrected chi connectivity index (χ0v) is 68.5. The van der Waals surface area contributed by atoms with Crippen LogP contribution in [-0.4, -0.2) is 96.7 Å². The fourth-order valence-electron chi connectivity index (χ4n) is 12.9. The molecule has 3 unspecified atom stereocenters. The summed E-state index contributed by atoms with van der Waals surface area (Å²) in [5.74, 6) is -1.24. The van der Waals surface area contributed by atoms with E-state index >= 15 is 0 Å². The van der Waals surface area contributed by atoms with Crippen LogP contribution in [0, 0.1) is 5.92 Å². The molecule has 17 nitrogen and oxygen atoms in total. The van der Waals surface area contributed by atoms with E-state index in [1.54, 1.807) is 0 Å². The maximum Gasteiger partial charge on any atom is 0.472 e. The van der Waals surface area contributed by atoms with E-state index in [1.165, 1.54) is 257 Å². The quantitative estimate of drug-likeness (QED) is 0.0222. The van der Waals surface area contributed by atoms with Crippen molar-refractivity contribution in [2.45, 2.75) is 464 Å². The van der Waals surface area contributed by atoms with E-state index < -0.39 is 97.5 Å². The molecule has 0 radical (unpaired) electrons. The van der Waals surface area contributed by atoms with Crippen molar-refractivity contribution in [2.75, 3.05) is 39.6 Å². The van der Waals surface area contributed by atoms with Gasteiger partial charge in [0.25, 0.3) is 0 Å². The zero-order valence-electron chi connectivity index (χ0n) is 66.8. The first-order valence-corrected chi connectivity index (χ1v) is 46.2. The van der Waals surface area contributed by atoms with E-state index in [9.17, 15) is 43.2 Å². The number of hydrogen-bond acceptors (Lipinski definition) is 15. The molecule has 19 heteroatoms. The number of carbonyl (C=O) groups is 4. The van der Waals surface area contributed by atoms with Crippen LogP contribution >= 0.6 is 15.6 Å². The smallest absolute Gasteiger partial charge is 0.462 e. The van der Waals surface area contributed by atoms with E-state index in [-0.39, 0.29) is 25.7 Å². The molecule has 3 N–H and O–H groups in total. The van der Waals surface area contributed by atoms with Crippen molar-refractivity contribution >= 4 is 39.5 Å². The second kappa shape index (κ2) is 75.9. The first kappa shape index (κ1) is 100. The van der Waals surface area contributed by atoms with Crippen molar-refractivity contribution in [3.05, 3.63) is 0 Å². The third kappa shape index (κ3) is 74.9. The number of phosphoric ester groups is 2. The molecule has 0 aromatic heterocycles. The third-order valence-corrected chi connectivity index (χ3v) is 21.8. The second-order valence-electron chi connectivity index (χ2n) is 30.1. The fraction of sp³-hybridized carbons (Fsp3) is 0.952. The lowest BCUT2D eigenvalue weighted by atomic mass is 9.99. The number of phosphoric acid groups is 2. The molecule has 0 aliphatic carbocycles. The van der Waals surface area contributed by atoms with Gasteiger partial charge in [-0.05, 0) is 31.6 Å². The molecule has 0 heterocycles. The van der Waals surface area contributed by atoms with Crippen molar-refractivity contribution in [3.8, 4) is 0 Å². The van der Waals surface area contributed by atoms with E-state index in [0.717, 1.165) is 109 Å². The highest BCUT2D eigenvalue weighted by atomic mass is 31.2. The van der Waals surface area contributed by atoms with Gasteiger partial charge in [0, 0.05) is 25.7 Å². The summed E-state index contributed by atoms with van der Waals surface area (Å²) in [6.45, 7) is 7.37. The topological polar surface area (TPSA) is 237 Å². The highest BCUT2D eigenvalue weighted by Gasteiger charge is 2.30. The van der Waals surface area contributed by atoms with Crippen LogP contribution in [0.4, 0.5) is 0 Å². The Kier molecular flexibility index (Phi) is 74.4. The van der Waals surface area contributed by atoms with Crippen molar-refractivity contribution in [2.24, 2.45) is 5.92 Å². The van der Waals surface area contributed by atoms with E-state index in [0.29, 0.717) is 25.7 Å². The number of rotatable bonds is 83. The Hall–Kier alpha value is -1.94. The van der Waals surface area contributed by atoms with Gasteiger partial charge < -0.3 is 33.8 Å². The maximum atomic E-state index is 13.1. The van der Waals surface area contributed by atoms with Crippen LogP contribution < -0.4 is 0 Å². The van der Waals surface area contributed by atoms with Crippen LogP contribution in [-0.2, 0) is 65.4 Å². The molecule has 0 bridgehead atoms. The zero-order chi connectivity index (χ0) is 74.8. The maximum absolute atomic E-state index is 13.1. The van der Waals surface area contributed by atoms with Gasteiger partial charge in [-0.1, -0.05) is 394 Å². The molecule has 6 atom stereocenters. The Morgan fingerprint density at radius 3 is 0.696 bits per heavy atom.